The quantitative estimate of drug-likeness (QED) is 0.291. The maximum Gasteiger partial charge on any atom is 0.319 e. The van der Waals surface area contributed by atoms with Gasteiger partial charge in [-0.05, 0) is 73.3 Å². The Bertz CT molecular complexity index is 1600. The number of nitrogens with zero attached hydrogens (tertiary/aromatic N) is 4. The van der Waals surface area contributed by atoms with Crippen molar-refractivity contribution < 1.29 is 18.6 Å². The highest BCUT2D eigenvalue weighted by molar-refractivity contribution is 6.35. The molecule has 3 aromatic carbocycles. The van der Waals surface area contributed by atoms with E-state index in [9.17, 15) is 9.50 Å². The lowest BCUT2D eigenvalue weighted by molar-refractivity contribution is 0.144. The van der Waals surface area contributed by atoms with E-state index in [2.05, 4.69) is 20.1 Å². The van der Waals surface area contributed by atoms with Crippen molar-refractivity contribution in [2.75, 3.05) is 44.2 Å². The van der Waals surface area contributed by atoms with Crippen LogP contribution in [0.3, 0.4) is 0 Å². The first kappa shape index (κ1) is 26.6. The van der Waals surface area contributed by atoms with E-state index in [1.807, 2.05) is 24.3 Å². The summed E-state index contributed by atoms with van der Waals surface area (Å²) in [6, 6.07) is 12.8. The molecule has 41 heavy (non-hydrogen) atoms. The van der Waals surface area contributed by atoms with Gasteiger partial charge in [0.15, 0.2) is 5.82 Å². The van der Waals surface area contributed by atoms with Crippen molar-refractivity contribution in [1.82, 2.24) is 20.2 Å². The maximum absolute atomic E-state index is 16.6. The van der Waals surface area contributed by atoms with Crippen molar-refractivity contribution in [1.29, 1.82) is 0 Å². The number of phenolic OH excluding ortho intramolecular Hbond substituents is 1. The first-order chi connectivity index (χ1) is 19.9. The molecule has 3 atom stereocenters. The average Bonchev–Trinajstić information content (AvgIpc) is 3.60. The minimum absolute atomic E-state index is 0.00458. The van der Waals surface area contributed by atoms with E-state index in [1.54, 1.807) is 12.1 Å². The van der Waals surface area contributed by atoms with Crippen LogP contribution in [0.4, 0.5) is 14.6 Å². The fourth-order valence-corrected chi connectivity index (χ4v) is 6.94. The van der Waals surface area contributed by atoms with E-state index in [-0.39, 0.29) is 34.5 Å². The minimum atomic E-state index is -1.21. The van der Waals surface area contributed by atoms with Crippen LogP contribution in [-0.4, -0.2) is 77.6 Å². The van der Waals surface area contributed by atoms with Crippen LogP contribution >= 0.6 is 11.6 Å². The molecule has 0 aliphatic carbocycles. The molecule has 0 radical (unpaired) electrons. The van der Waals surface area contributed by atoms with Gasteiger partial charge in [-0.3, -0.25) is 0 Å². The van der Waals surface area contributed by atoms with Gasteiger partial charge in [0.05, 0.1) is 5.02 Å². The molecule has 2 N–H and O–H groups in total. The predicted octanol–water partition coefficient (Wildman–Crippen LogP) is 5.70. The highest BCUT2D eigenvalue weighted by atomic mass is 35.5. The number of nitrogens with one attached hydrogen (secondary N) is 1. The van der Waals surface area contributed by atoms with E-state index in [0.29, 0.717) is 48.5 Å². The SMILES string of the molecule is Oc1cc(-c2c(Cl)cc3c(N4CC5CCC(C4)N5)nc(OCC(F)CN4CCCC4)nc3c2F)c2ccccc2c1. The van der Waals surface area contributed by atoms with Gasteiger partial charge in [0.25, 0.3) is 0 Å². The number of phenols is 1. The molecule has 4 aromatic rings. The number of anilines is 1. The molecule has 7 rings (SSSR count). The fraction of sp³-hybridized carbons (Fsp3) is 0.419. The number of piperazine rings is 1. The molecule has 3 fully saturated rings. The number of aromatic hydroxyl groups is 1. The van der Waals surface area contributed by atoms with Crippen molar-refractivity contribution in [2.24, 2.45) is 0 Å². The van der Waals surface area contributed by atoms with Crippen molar-refractivity contribution in [3.05, 3.63) is 53.3 Å². The smallest absolute Gasteiger partial charge is 0.319 e. The second-order valence-corrected chi connectivity index (χ2v) is 11.9. The van der Waals surface area contributed by atoms with Crippen molar-refractivity contribution >= 4 is 39.1 Å². The highest BCUT2D eigenvalue weighted by Gasteiger charge is 2.34. The summed E-state index contributed by atoms with van der Waals surface area (Å²) in [5.74, 6) is -0.0971. The van der Waals surface area contributed by atoms with E-state index >= 15 is 4.39 Å². The maximum atomic E-state index is 16.6. The molecule has 3 saturated heterocycles. The number of benzene rings is 3. The van der Waals surface area contributed by atoms with Gasteiger partial charge in [0.1, 0.15) is 29.9 Å². The lowest BCUT2D eigenvalue weighted by atomic mass is 9.96. The summed E-state index contributed by atoms with van der Waals surface area (Å²) >= 11 is 6.81. The van der Waals surface area contributed by atoms with Gasteiger partial charge in [0, 0.05) is 42.7 Å². The molecule has 7 nitrogen and oxygen atoms in total. The van der Waals surface area contributed by atoms with Gasteiger partial charge in [-0.25, -0.2) is 8.78 Å². The van der Waals surface area contributed by atoms with Crippen LogP contribution < -0.4 is 15.0 Å². The predicted molar refractivity (Wildman–Crippen MR) is 157 cm³/mol. The topological polar surface area (TPSA) is 73.8 Å². The third kappa shape index (κ3) is 5.15. The number of hydrogen-bond donors (Lipinski definition) is 2. The lowest BCUT2D eigenvalue weighted by Crippen LogP contribution is -2.51. The van der Waals surface area contributed by atoms with Crippen LogP contribution in [0.5, 0.6) is 11.8 Å². The molecule has 214 valence electrons. The van der Waals surface area contributed by atoms with Crippen LogP contribution in [0.15, 0.2) is 42.5 Å². The third-order valence-corrected chi connectivity index (χ3v) is 8.82. The molecule has 3 aliphatic heterocycles. The number of ether oxygens (including phenoxy) is 1. The monoisotopic (exact) mass is 579 g/mol. The van der Waals surface area contributed by atoms with Crippen LogP contribution in [0, 0.1) is 5.82 Å². The standard InChI is InChI=1S/C31H32ClF2N5O2/c32-26-13-25-29(28(34)27(26)24-12-22(40)11-18-5-1-2-6-23(18)24)36-31(41-17-19(33)14-38-9-3-4-10-38)37-30(25)39-15-20-7-8-21(16-39)35-20/h1-2,5-6,11-13,19-21,35,40H,3-4,7-10,14-17H2. The Morgan fingerprint density at radius 2 is 1.80 bits per heavy atom. The Morgan fingerprint density at radius 3 is 2.59 bits per heavy atom. The van der Waals surface area contributed by atoms with Gasteiger partial charge < -0.3 is 25.0 Å². The molecular formula is C31H32ClF2N5O2. The molecule has 3 aliphatic rings. The zero-order valence-electron chi connectivity index (χ0n) is 22.6. The van der Waals surface area contributed by atoms with Crippen LogP contribution in [0.2, 0.25) is 5.02 Å². The normalized spacial score (nSPS) is 21.7. The number of hydrogen-bond acceptors (Lipinski definition) is 7. The number of halogens is 3. The van der Waals surface area contributed by atoms with Gasteiger partial charge >= 0.3 is 6.01 Å². The number of fused-ring (bicyclic) bond motifs is 4. The molecule has 0 amide bonds. The number of aromatic nitrogens is 2. The summed E-state index contributed by atoms with van der Waals surface area (Å²) in [6.07, 6.45) is 3.08. The Hall–Kier alpha value is -3.27. The second kappa shape index (κ2) is 10.9. The summed E-state index contributed by atoms with van der Waals surface area (Å²) in [7, 11) is 0. The van der Waals surface area contributed by atoms with E-state index in [0.717, 1.165) is 49.5 Å². The number of likely N-dealkylation sites (tertiary alicyclic amines) is 1. The summed E-state index contributed by atoms with van der Waals surface area (Å²) in [5, 5.41) is 16.2. The molecule has 1 aromatic heterocycles. The van der Waals surface area contributed by atoms with Crippen molar-refractivity contribution in [2.45, 2.75) is 43.9 Å². The van der Waals surface area contributed by atoms with Gasteiger partial charge in [-0.1, -0.05) is 35.9 Å². The molecule has 4 heterocycles. The second-order valence-electron chi connectivity index (χ2n) is 11.4. The van der Waals surface area contributed by atoms with Gasteiger partial charge in [0.2, 0.25) is 0 Å². The van der Waals surface area contributed by atoms with E-state index in [4.69, 9.17) is 21.3 Å². The average molecular weight is 580 g/mol. The Kier molecular flexibility index (Phi) is 7.05. The zero-order valence-corrected chi connectivity index (χ0v) is 23.4. The third-order valence-electron chi connectivity index (χ3n) is 8.52. The van der Waals surface area contributed by atoms with Gasteiger partial charge in [-0.15, -0.1) is 0 Å². The molecule has 3 unspecified atom stereocenters. The van der Waals surface area contributed by atoms with Crippen molar-refractivity contribution in [3.63, 3.8) is 0 Å². The van der Waals surface area contributed by atoms with Crippen molar-refractivity contribution in [3.8, 4) is 22.9 Å². The Morgan fingerprint density at radius 1 is 1.05 bits per heavy atom. The fourth-order valence-electron chi connectivity index (χ4n) is 6.65. The Labute approximate surface area is 242 Å². The summed E-state index contributed by atoms with van der Waals surface area (Å²) in [6.45, 7) is 3.28. The molecule has 10 heteroatoms. The highest BCUT2D eigenvalue weighted by Crippen LogP contribution is 2.42. The van der Waals surface area contributed by atoms with E-state index < -0.39 is 12.0 Å². The molecule has 2 bridgehead atoms. The van der Waals surface area contributed by atoms with Gasteiger partial charge in [-0.2, -0.15) is 9.97 Å². The molecular weight excluding hydrogens is 548 g/mol. The molecule has 0 saturated carbocycles. The zero-order chi connectivity index (χ0) is 28.1. The Balaban J connectivity index is 1.32. The first-order valence-electron chi connectivity index (χ1n) is 14.3. The van der Waals surface area contributed by atoms with Crippen LogP contribution in [0.25, 0.3) is 32.8 Å². The first-order valence-corrected chi connectivity index (χ1v) is 14.7. The van der Waals surface area contributed by atoms with Crippen LogP contribution in [0.1, 0.15) is 25.7 Å². The van der Waals surface area contributed by atoms with E-state index in [1.165, 1.54) is 6.07 Å². The number of alkyl halides is 1. The lowest BCUT2D eigenvalue weighted by Gasteiger charge is -2.34. The summed E-state index contributed by atoms with van der Waals surface area (Å²) in [4.78, 5) is 13.4. The summed E-state index contributed by atoms with van der Waals surface area (Å²) < 4.78 is 37.3. The number of rotatable bonds is 7. The largest absolute Gasteiger partial charge is 0.508 e. The minimum Gasteiger partial charge on any atom is -0.508 e. The van der Waals surface area contributed by atoms with Crippen LogP contribution in [-0.2, 0) is 0 Å². The summed E-state index contributed by atoms with van der Waals surface area (Å²) in [5.41, 5.74) is 0.652. The molecule has 0 spiro atoms.